The third kappa shape index (κ3) is 6.02. The van der Waals surface area contributed by atoms with Gasteiger partial charge in [-0.15, -0.1) is 0 Å². The van der Waals surface area contributed by atoms with Gasteiger partial charge < -0.3 is 10.5 Å². The lowest BCUT2D eigenvalue weighted by molar-refractivity contribution is -0.127. The number of hydrogen-bond acceptors (Lipinski definition) is 4. The second kappa shape index (κ2) is 11.2. The van der Waals surface area contributed by atoms with Crippen LogP contribution in [0.3, 0.4) is 0 Å². The fourth-order valence-corrected chi connectivity index (χ4v) is 5.81. The van der Waals surface area contributed by atoms with Crippen LogP contribution in [0.1, 0.15) is 37.3 Å². The molecule has 202 valence electrons. The summed E-state index contributed by atoms with van der Waals surface area (Å²) in [6.45, 7) is 1.53. The molecule has 1 saturated carbocycles. The van der Waals surface area contributed by atoms with Crippen molar-refractivity contribution >= 4 is 15.9 Å². The second-order valence-electron chi connectivity index (χ2n) is 9.60. The van der Waals surface area contributed by atoms with Gasteiger partial charge in [0, 0.05) is 23.2 Å². The first kappa shape index (κ1) is 27.7. The van der Waals surface area contributed by atoms with E-state index in [1.54, 1.807) is 12.1 Å². The highest BCUT2D eigenvalue weighted by atomic mass is 32.2. The van der Waals surface area contributed by atoms with Crippen molar-refractivity contribution in [3.05, 3.63) is 89.2 Å². The fraction of sp³-hybridized carbons (Fsp3) is 0.321. The number of sulfonamides is 1. The highest BCUT2D eigenvalue weighted by Gasteiger charge is 2.45. The van der Waals surface area contributed by atoms with E-state index in [9.17, 15) is 22.0 Å². The molecular formula is C28H29F3N2O4S. The predicted molar refractivity (Wildman–Crippen MR) is 138 cm³/mol. The number of rotatable bonds is 10. The summed E-state index contributed by atoms with van der Waals surface area (Å²) in [5, 5.41) is 0. The van der Waals surface area contributed by atoms with Gasteiger partial charge in [0.1, 0.15) is 18.2 Å². The van der Waals surface area contributed by atoms with Crippen molar-refractivity contribution in [3.63, 3.8) is 0 Å². The Kier molecular flexibility index (Phi) is 8.13. The molecule has 1 fully saturated rings. The summed E-state index contributed by atoms with van der Waals surface area (Å²) < 4.78 is 77.2. The van der Waals surface area contributed by atoms with Gasteiger partial charge in [-0.3, -0.25) is 4.79 Å². The molecule has 0 aliphatic heterocycles. The summed E-state index contributed by atoms with van der Waals surface area (Å²) in [7, 11) is -3.52. The fourth-order valence-electron chi connectivity index (χ4n) is 4.93. The van der Waals surface area contributed by atoms with Crippen LogP contribution in [0.15, 0.2) is 60.7 Å². The molecule has 3 aromatic carbocycles. The molecule has 0 heterocycles. The number of primary amides is 1. The Labute approximate surface area is 220 Å². The maximum atomic E-state index is 15.1. The van der Waals surface area contributed by atoms with E-state index in [0.717, 1.165) is 5.56 Å². The summed E-state index contributed by atoms with van der Waals surface area (Å²) in [5.74, 6) is -3.52. The topological polar surface area (TPSA) is 98.5 Å². The van der Waals surface area contributed by atoms with Gasteiger partial charge in [0.05, 0.1) is 11.2 Å². The Hall–Kier alpha value is -3.37. The molecule has 0 unspecified atom stereocenters. The van der Waals surface area contributed by atoms with Crippen molar-refractivity contribution in [2.75, 3.05) is 5.75 Å². The van der Waals surface area contributed by atoms with Crippen LogP contribution in [-0.2, 0) is 27.8 Å². The number of hydrogen-bond donors (Lipinski definition) is 2. The van der Waals surface area contributed by atoms with Gasteiger partial charge in [0.15, 0.2) is 11.6 Å². The first-order valence-corrected chi connectivity index (χ1v) is 13.9. The molecular weight excluding hydrogens is 517 g/mol. The van der Waals surface area contributed by atoms with E-state index in [4.69, 9.17) is 10.5 Å². The molecule has 38 heavy (non-hydrogen) atoms. The molecule has 0 aromatic heterocycles. The van der Waals surface area contributed by atoms with Gasteiger partial charge >= 0.3 is 0 Å². The smallest absolute Gasteiger partial charge is 0.224 e. The number of benzene rings is 3. The first-order valence-electron chi connectivity index (χ1n) is 12.3. The lowest BCUT2D eigenvalue weighted by Gasteiger charge is -2.26. The van der Waals surface area contributed by atoms with E-state index in [-0.39, 0.29) is 54.1 Å². The number of carbonyl (C=O) groups excluding carboxylic acids is 1. The van der Waals surface area contributed by atoms with Crippen molar-refractivity contribution < 1.29 is 31.1 Å². The van der Waals surface area contributed by atoms with E-state index in [1.807, 2.05) is 18.2 Å². The largest absolute Gasteiger partial charge is 0.485 e. The van der Waals surface area contributed by atoms with Crippen LogP contribution in [0.2, 0.25) is 0 Å². The number of nitrogens with two attached hydrogens (primary N) is 1. The highest BCUT2D eigenvalue weighted by Crippen LogP contribution is 2.43. The lowest BCUT2D eigenvalue weighted by Crippen LogP contribution is -2.40. The first-order chi connectivity index (χ1) is 18.0. The molecule has 3 aromatic rings. The SMILES string of the molecule is CCS(=O)(=O)N[C@H]1CC[C@](Cc2cc(-c3cccc(F)c3OCc3ccccc3)c(F)cc2F)(C(N)=O)C1. The number of ether oxygens (including phenoxy) is 1. The van der Waals surface area contributed by atoms with Crippen molar-refractivity contribution in [2.45, 2.75) is 45.3 Å². The summed E-state index contributed by atoms with van der Waals surface area (Å²) in [6, 6.07) is 14.5. The van der Waals surface area contributed by atoms with E-state index >= 15 is 4.39 Å². The Morgan fingerprint density at radius 3 is 2.45 bits per heavy atom. The zero-order valence-electron chi connectivity index (χ0n) is 20.8. The Morgan fingerprint density at radius 1 is 1.03 bits per heavy atom. The van der Waals surface area contributed by atoms with Crippen LogP contribution in [0.25, 0.3) is 11.1 Å². The number of nitrogens with one attached hydrogen (secondary N) is 1. The van der Waals surface area contributed by atoms with Gasteiger partial charge in [-0.2, -0.15) is 0 Å². The molecule has 0 spiro atoms. The van der Waals surface area contributed by atoms with Gasteiger partial charge in [0.25, 0.3) is 0 Å². The predicted octanol–water partition coefficient (Wildman–Crippen LogP) is 4.86. The average Bonchev–Trinajstić information content (AvgIpc) is 3.28. The van der Waals surface area contributed by atoms with Crippen LogP contribution in [-0.4, -0.2) is 26.1 Å². The molecule has 2 atom stereocenters. The molecule has 0 radical (unpaired) electrons. The van der Waals surface area contributed by atoms with Gasteiger partial charge in [-0.1, -0.05) is 42.5 Å². The molecule has 4 rings (SSSR count). The van der Waals surface area contributed by atoms with E-state index in [0.29, 0.717) is 12.5 Å². The molecule has 0 saturated heterocycles. The quantitative estimate of drug-likeness (QED) is 0.380. The van der Waals surface area contributed by atoms with Crippen LogP contribution in [0.4, 0.5) is 13.2 Å². The molecule has 1 aliphatic carbocycles. The monoisotopic (exact) mass is 546 g/mol. The van der Waals surface area contributed by atoms with Crippen molar-refractivity contribution in [1.29, 1.82) is 0 Å². The maximum absolute atomic E-state index is 15.1. The Bertz CT molecular complexity index is 1430. The summed E-state index contributed by atoms with van der Waals surface area (Å²) in [5.41, 5.74) is 5.28. The minimum Gasteiger partial charge on any atom is -0.485 e. The summed E-state index contributed by atoms with van der Waals surface area (Å²) >= 11 is 0. The number of amides is 1. The van der Waals surface area contributed by atoms with E-state index < -0.39 is 44.8 Å². The maximum Gasteiger partial charge on any atom is 0.224 e. The molecule has 3 N–H and O–H groups in total. The third-order valence-electron chi connectivity index (χ3n) is 7.01. The Balaban J connectivity index is 1.66. The van der Waals surface area contributed by atoms with Crippen molar-refractivity contribution in [3.8, 4) is 16.9 Å². The van der Waals surface area contributed by atoms with Crippen LogP contribution in [0.5, 0.6) is 5.75 Å². The zero-order valence-corrected chi connectivity index (χ0v) is 21.7. The normalized spacial score (nSPS) is 19.4. The molecule has 1 amide bonds. The van der Waals surface area contributed by atoms with Crippen LogP contribution in [0, 0.1) is 22.9 Å². The molecule has 6 nitrogen and oxygen atoms in total. The average molecular weight is 547 g/mol. The number of halogens is 3. The van der Waals surface area contributed by atoms with Crippen LogP contribution >= 0.6 is 0 Å². The summed E-state index contributed by atoms with van der Waals surface area (Å²) in [6.07, 6.45) is 0.496. The minimum absolute atomic E-state index is 0.0115. The summed E-state index contributed by atoms with van der Waals surface area (Å²) in [4.78, 5) is 12.5. The molecule has 0 bridgehead atoms. The van der Waals surface area contributed by atoms with Crippen molar-refractivity contribution in [1.82, 2.24) is 4.72 Å². The zero-order chi connectivity index (χ0) is 27.5. The van der Waals surface area contributed by atoms with E-state index in [1.165, 1.54) is 31.2 Å². The van der Waals surface area contributed by atoms with Gasteiger partial charge in [-0.25, -0.2) is 26.3 Å². The second-order valence-corrected chi connectivity index (χ2v) is 11.6. The minimum atomic E-state index is -3.52. The Morgan fingerprint density at radius 2 is 1.76 bits per heavy atom. The van der Waals surface area contributed by atoms with Gasteiger partial charge in [-0.05, 0) is 55.9 Å². The van der Waals surface area contributed by atoms with Crippen LogP contribution < -0.4 is 15.2 Å². The number of para-hydroxylation sites is 1. The third-order valence-corrected chi connectivity index (χ3v) is 8.46. The standard InChI is InChI=1S/C28H29F3N2O4S/c1-2-38(35,36)33-20-11-12-28(16-20,27(32)34)15-19-13-22(25(31)14-24(19)30)21-9-6-10-23(29)26(21)37-17-18-7-4-3-5-8-18/h3-10,13-14,20,33H,2,11-12,15-17H2,1H3,(H2,32,34)/t20-,28+/m0/s1. The molecule has 10 heteroatoms. The van der Waals surface area contributed by atoms with E-state index in [2.05, 4.69) is 4.72 Å². The lowest BCUT2D eigenvalue weighted by atomic mass is 9.78. The molecule has 1 aliphatic rings. The number of carbonyl (C=O) groups is 1. The van der Waals surface area contributed by atoms with Gasteiger partial charge in [0.2, 0.25) is 15.9 Å². The van der Waals surface area contributed by atoms with Crippen molar-refractivity contribution in [2.24, 2.45) is 11.1 Å². The highest BCUT2D eigenvalue weighted by molar-refractivity contribution is 7.89.